The van der Waals surface area contributed by atoms with Crippen LogP contribution in [0, 0.1) is 12.7 Å². The van der Waals surface area contributed by atoms with Crippen molar-refractivity contribution in [3.8, 4) is 0 Å². The summed E-state index contributed by atoms with van der Waals surface area (Å²) < 4.78 is 13.6. The summed E-state index contributed by atoms with van der Waals surface area (Å²) in [5, 5.41) is 0.179. The lowest BCUT2D eigenvalue weighted by Crippen LogP contribution is -2.13. The molecule has 0 radical (unpaired) electrons. The van der Waals surface area contributed by atoms with E-state index in [1.54, 1.807) is 13.0 Å². The van der Waals surface area contributed by atoms with Crippen LogP contribution in [0.25, 0.3) is 5.57 Å². The largest absolute Gasteiger partial charge is 0.377 e. The lowest BCUT2D eigenvalue weighted by molar-refractivity contribution is 0.506. The van der Waals surface area contributed by atoms with Crippen molar-refractivity contribution in [2.75, 3.05) is 13.6 Å². The number of hydrogen-bond donors (Lipinski definition) is 0. The van der Waals surface area contributed by atoms with Crippen LogP contribution >= 0.6 is 11.6 Å². The van der Waals surface area contributed by atoms with Gasteiger partial charge in [-0.25, -0.2) is 4.39 Å². The second-order valence-electron chi connectivity index (χ2n) is 3.95. The van der Waals surface area contributed by atoms with E-state index in [2.05, 4.69) is 11.0 Å². The monoisotopic (exact) mass is 237 g/mol. The maximum atomic E-state index is 13.6. The maximum Gasteiger partial charge on any atom is 0.145 e. The Hall–Kier alpha value is -1.28. The Bertz CT molecular complexity index is 477. The quantitative estimate of drug-likeness (QED) is 0.721. The summed E-state index contributed by atoms with van der Waals surface area (Å²) in [5.41, 5.74) is 2.56. The van der Waals surface area contributed by atoms with Crippen molar-refractivity contribution in [3.63, 3.8) is 0 Å². The third-order valence-electron chi connectivity index (χ3n) is 2.76. The molecule has 1 aliphatic heterocycles. The minimum absolute atomic E-state index is 0.179. The summed E-state index contributed by atoms with van der Waals surface area (Å²) in [7, 11) is 2.00. The van der Waals surface area contributed by atoms with Gasteiger partial charge in [-0.1, -0.05) is 23.7 Å². The van der Waals surface area contributed by atoms with Gasteiger partial charge in [-0.3, -0.25) is 0 Å². The molecule has 0 N–H and O–H groups in total. The Balaban J connectivity index is 2.43. The number of hydrogen-bond acceptors (Lipinski definition) is 1. The minimum atomic E-state index is -0.326. The van der Waals surface area contributed by atoms with Gasteiger partial charge in [0.2, 0.25) is 0 Å². The molecule has 1 aromatic carbocycles. The first-order valence-electron chi connectivity index (χ1n) is 5.13. The maximum absolute atomic E-state index is 13.6. The average Bonchev–Trinajstić information content (AvgIpc) is 2.28. The first-order chi connectivity index (χ1) is 7.59. The number of rotatable bonds is 1. The average molecular weight is 238 g/mol. The van der Waals surface area contributed by atoms with E-state index in [4.69, 9.17) is 11.6 Å². The fourth-order valence-electron chi connectivity index (χ4n) is 1.74. The summed E-state index contributed by atoms with van der Waals surface area (Å²) in [4.78, 5) is 2.06. The van der Waals surface area contributed by atoms with Crippen molar-refractivity contribution < 1.29 is 4.39 Å². The zero-order valence-electron chi connectivity index (χ0n) is 9.30. The number of benzene rings is 1. The van der Waals surface area contributed by atoms with E-state index in [0.717, 1.165) is 17.7 Å². The fourth-order valence-corrected chi connectivity index (χ4v) is 1.95. The molecule has 1 nitrogen and oxygen atoms in total. The van der Waals surface area contributed by atoms with Crippen molar-refractivity contribution in [1.82, 2.24) is 4.90 Å². The molecule has 0 saturated heterocycles. The van der Waals surface area contributed by atoms with Gasteiger partial charge in [0.05, 0.1) is 5.02 Å². The SMILES string of the molecule is Cc1c(C2=CCN(C)C=C2)ccc(Cl)c1F. The molecule has 1 aromatic rings. The van der Waals surface area contributed by atoms with E-state index >= 15 is 0 Å². The third kappa shape index (κ3) is 1.98. The normalized spacial score (nSPS) is 15.2. The van der Waals surface area contributed by atoms with Gasteiger partial charge in [0, 0.05) is 13.6 Å². The highest BCUT2D eigenvalue weighted by molar-refractivity contribution is 6.30. The standard InChI is InChI=1S/C13H13ClFN/c1-9-11(3-4-12(14)13(9)15)10-5-7-16(2)8-6-10/h3-7H,8H2,1-2H3. The van der Waals surface area contributed by atoms with E-state index < -0.39 is 0 Å². The predicted octanol–water partition coefficient (Wildman–Crippen LogP) is 3.63. The van der Waals surface area contributed by atoms with Gasteiger partial charge in [-0.05, 0) is 42.0 Å². The molecule has 0 fully saturated rings. The minimum Gasteiger partial charge on any atom is -0.377 e. The summed E-state index contributed by atoms with van der Waals surface area (Å²) in [5.74, 6) is -0.326. The van der Waals surface area contributed by atoms with E-state index in [1.807, 2.05) is 25.4 Å². The number of halogens is 2. The zero-order chi connectivity index (χ0) is 11.7. The molecule has 1 aliphatic rings. The topological polar surface area (TPSA) is 3.24 Å². The third-order valence-corrected chi connectivity index (χ3v) is 3.05. The van der Waals surface area contributed by atoms with Gasteiger partial charge >= 0.3 is 0 Å². The highest BCUT2D eigenvalue weighted by Crippen LogP contribution is 2.27. The lowest BCUT2D eigenvalue weighted by atomic mass is 9.98. The van der Waals surface area contributed by atoms with E-state index in [1.165, 1.54) is 0 Å². The molecule has 0 saturated carbocycles. The van der Waals surface area contributed by atoms with Crippen molar-refractivity contribution in [2.24, 2.45) is 0 Å². The summed E-state index contributed by atoms with van der Waals surface area (Å²) >= 11 is 5.73. The second kappa shape index (κ2) is 4.30. The Morgan fingerprint density at radius 2 is 2.12 bits per heavy atom. The fraction of sp³-hybridized carbons (Fsp3) is 0.231. The van der Waals surface area contributed by atoms with Crippen LogP contribution in [0.5, 0.6) is 0 Å². The van der Waals surface area contributed by atoms with Gasteiger partial charge < -0.3 is 4.90 Å². The van der Waals surface area contributed by atoms with Crippen LogP contribution in [0.2, 0.25) is 5.02 Å². The van der Waals surface area contributed by atoms with Gasteiger partial charge in [0.15, 0.2) is 0 Å². The Labute approximate surface area is 99.8 Å². The molecule has 0 unspecified atom stereocenters. The smallest absolute Gasteiger partial charge is 0.145 e. The van der Waals surface area contributed by atoms with Gasteiger partial charge in [-0.15, -0.1) is 0 Å². The van der Waals surface area contributed by atoms with Crippen LogP contribution in [0.15, 0.2) is 30.5 Å². The molecule has 0 spiro atoms. The first kappa shape index (κ1) is 11.2. The summed E-state index contributed by atoms with van der Waals surface area (Å²) in [6.07, 6.45) is 6.05. The number of allylic oxidation sites excluding steroid dienone is 2. The molecule has 16 heavy (non-hydrogen) atoms. The van der Waals surface area contributed by atoms with Crippen LogP contribution in [0.4, 0.5) is 4.39 Å². The first-order valence-corrected chi connectivity index (χ1v) is 5.51. The highest BCUT2D eigenvalue weighted by atomic mass is 35.5. The molecule has 0 atom stereocenters. The van der Waals surface area contributed by atoms with Crippen LogP contribution in [-0.4, -0.2) is 18.5 Å². The Kier molecular flexibility index (Phi) is 3.01. The number of nitrogens with zero attached hydrogens (tertiary/aromatic N) is 1. The predicted molar refractivity (Wildman–Crippen MR) is 65.9 cm³/mol. The highest BCUT2D eigenvalue weighted by Gasteiger charge is 2.11. The van der Waals surface area contributed by atoms with Crippen LogP contribution < -0.4 is 0 Å². The van der Waals surface area contributed by atoms with Crippen molar-refractivity contribution in [2.45, 2.75) is 6.92 Å². The molecule has 0 aromatic heterocycles. The molecular weight excluding hydrogens is 225 g/mol. The second-order valence-corrected chi connectivity index (χ2v) is 4.36. The molecule has 2 rings (SSSR count). The summed E-state index contributed by atoms with van der Waals surface area (Å²) in [6, 6.07) is 3.47. The van der Waals surface area contributed by atoms with Crippen molar-refractivity contribution >= 4 is 17.2 Å². The molecule has 84 valence electrons. The van der Waals surface area contributed by atoms with Gasteiger partial charge in [0.25, 0.3) is 0 Å². The van der Waals surface area contributed by atoms with Crippen molar-refractivity contribution in [1.29, 1.82) is 0 Å². The van der Waals surface area contributed by atoms with Crippen LogP contribution in [0.3, 0.4) is 0 Å². The Morgan fingerprint density at radius 1 is 1.38 bits per heavy atom. The Morgan fingerprint density at radius 3 is 2.75 bits per heavy atom. The van der Waals surface area contributed by atoms with Crippen LogP contribution in [0.1, 0.15) is 11.1 Å². The molecule has 0 bridgehead atoms. The van der Waals surface area contributed by atoms with E-state index in [0.29, 0.717) is 5.56 Å². The molecule has 0 aliphatic carbocycles. The number of likely N-dealkylation sites (N-methyl/N-ethyl adjacent to an activating group) is 1. The lowest BCUT2D eigenvalue weighted by Gasteiger charge is -2.18. The van der Waals surface area contributed by atoms with Gasteiger partial charge in [0.1, 0.15) is 5.82 Å². The zero-order valence-corrected chi connectivity index (χ0v) is 10.1. The van der Waals surface area contributed by atoms with E-state index in [9.17, 15) is 4.39 Å². The van der Waals surface area contributed by atoms with Gasteiger partial charge in [-0.2, -0.15) is 0 Å². The molecule has 1 heterocycles. The van der Waals surface area contributed by atoms with Crippen LogP contribution in [-0.2, 0) is 0 Å². The van der Waals surface area contributed by atoms with E-state index in [-0.39, 0.29) is 10.8 Å². The summed E-state index contributed by atoms with van der Waals surface area (Å²) in [6.45, 7) is 2.60. The molecule has 3 heteroatoms. The molecular formula is C13H13ClFN. The molecule has 0 amide bonds. The van der Waals surface area contributed by atoms with Crippen molar-refractivity contribution in [3.05, 3.63) is 52.5 Å².